The number of halogens is 1. The number of aliphatic imine (C=N–C) groups is 1. The number of aryl methyl sites for hydroxylation is 1. The van der Waals surface area contributed by atoms with Crippen molar-refractivity contribution in [1.82, 2.24) is 15.2 Å². The topological polar surface area (TPSA) is 62.9 Å². The number of guanidine groups is 1. The standard InChI is InChI=1S/C23H26N4O2.HI/c1-17-8-6-7-11-20(17)21-15-27(12-13-28-21)23(24-2)25-14-19-16-29-22(26-19)18-9-4-3-5-10-18;/h3-11,16,21H,12-15H2,1-2H3,(H,24,25);1H. The Balaban J connectivity index is 0.00000256. The van der Waals surface area contributed by atoms with E-state index in [2.05, 4.69) is 51.4 Å². The summed E-state index contributed by atoms with van der Waals surface area (Å²) >= 11 is 0. The van der Waals surface area contributed by atoms with Crippen LogP contribution in [-0.4, -0.2) is 42.6 Å². The van der Waals surface area contributed by atoms with Crippen molar-refractivity contribution in [2.75, 3.05) is 26.7 Å². The van der Waals surface area contributed by atoms with E-state index in [0.717, 1.165) is 30.3 Å². The fraction of sp³-hybridized carbons (Fsp3) is 0.304. The zero-order valence-electron chi connectivity index (χ0n) is 17.2. The largest absolute Gasteiger partial charge is 0.444 e. The SMILES string of the molecule is CN=C(NCc1coc(-c2ccccc2)n1)N1CCOC(c2ccccc2C)C1.I. The van der Waals surface area contributed by atoms with E-state index in [9.17, 15) is 0 Å². The number of hydrogen-bond donors (Lipinski definition) is 1. The first-order chi connectivity index (χ1) is 14.2. The molecule has 6 nitrogen and oxygen atoms in total. The van der Waals surface area contributed by atoms with Gasteiger partial charge >= 0.3 is 0 Å². The van der Waals surface area contributed by atoms with Gasteiger partial charge in [0.05, 0.1) is 25.4 Å². The molecule has 0 saturated carbocycles. The molecule has 1 atom stereocenters. The van der Waals surface area contributed by atoms with Gasteiger partial charge in [0.25, 0.3) is 0 Å². The van der Waals surface area contributed by atoms with Crippen molar-refractivity contribution in [2.24, 2.45) is 4.99 Å². The lowest BCUT2D eigenvalue weighted by molar-refractivity contribution is -0.00834. The summed E-state index contributed by atoms with van der Waals surface area (Å²) in [6.07, 6.45) is 1.73. The molecule has 1 saturated heterocycles. The van der Waals surface area contributed by atoms with Gasteiger partial charge < -0.3 is 19.4 Å². The minimum Gasteiger partial charge on any atom is -0.444 e. The number of benzene rings is 2. The van der Waals surface area contributed by atoms with E-state index >= 15 is 0 Å². The van der Waals surface area contributed by atoms with Gasteiger partial charge in [-0.15, -0.1) is 24.0 Å². The monoisotopic (exact) mass is 518 g/mol. The van der Waals surface area contributed by atoms with Crippen LogP contribution in [0.1, 0.15) is 22.9 Å². The third kappa shape index (κ3) is 5.20. The van der Waals surface area contributed by atoms with E-state index in [0.29, 0.717) is 19.0 Å². The summed E-state index contributed by atoms with van der Waals surface area (Å²) in [5, 5.41) is 3.40. The summed E-state index contributed by atoms with van der Waals surface area (Å²) in [4.78, 5) is 11.3. The molecule has 7 heteroatoms. The molecule has 1 unspecified atom stereocenters. The van der Waals surface area contributed by atoms with Crippen molar-refractivity contribution in [3.05, 3.63) is 77.7 Å². The molecule has 1 aliphatic rings. The summed E-state index contributed by atoms with van der Waals surface area (Å²) in [5.41, 5.74) is 4.29. The molecule has 158 valence electrons. The number of rotatable bonds is 4. The van der Waals surface area contributed by atoms with Crippen molar-refractivity contribution in [2.45, 2.75) is 19.6 Å². The smallest absolute Gasteiger partial charge is 0.226 e. The maximum atomic E-state index is 6.03. The maximum absolute atomic E-state index is 6.03. The first-order valence-electron chi connectivity index (χ1n) is 9.87. The second kappa shape index (κ2) is 10.6. The average Bonchev–Trinajstić information content (AvgIpc) is 3.24. The first kappa shape index (κ1) is 22.3. The predicted molar refractivity (Wildman–Crippen MR) is 129 cm³/mol. The Labute approximate surface area is 194 Å². The van der Waals surface area contributed by atoms with Crippen LogP contribution in [0.5, 0.6) is 0 Å². The first-order valence-corrected chi connectivity index (χ1v) is 9.87. The highest BCUT2D eigenvalue weighted by molar-refractivity contribution is 14.0. The molecule has 0 bridgehead atoms. The van der Waals surface area contributed by atoms with Crippen LogP contribution >= 0.6 is 24.0 Å². The van der Waals surface area contributed by atoms with Gasteiger partial charge in [0.2, 0.25) is 5.89 Å². The molecule has 0 aliphatic carbocycles. The molecule has 0 spiro atoms. The Hall–Kier alpha value is -2.39. The van der Waals surface area contributed by atoms with E-state index in [1.54, 1.807) is 13.3 Å². The number of nitrogens with zero attached hydrogens (tertiary/aromatic N) is 3. The molecule has 0 amide bonds. The van der Waals surface area contributed by atoms with Crippen LogP contribution in [0.2, 0.25) is 0 Å². The molecule has 1 aromatic heterocycles. The highest BCUT2D eigenvalue weighted by atomic mass is 127. The second-order valence-corrected chi connectivity index (χ2v) is 7.07. The molecule has 1 N–H and O–H groups in total. The fourth-order valence-corrected chi connectivity index (χ4v) is 3.58. The van der Waals surface area contributed by atoms with Gasteiger partial charge in [0, 0.05) is 19.2 Å². The van der Waals surface area contributed by atoms with Crippen LogP contribution in [0.15, 0.2) is 70.3 Å². The Bertz CT molecular complexity index is 974. The van der Waals surface area contributed by atoms with E-state index < -0.39 is 0 Å². The third-order valence-corrected chi connectivity index (χ3v) is 5.11. The van der Waals surface area contributed by atoms with Crippen LogP contribution in [-0.2, 0) is 11.3 Å². The molecular formula is C23H27IN4O2. The van der Waals surface area contributed by atoms with Crippen LogP contribution in [0, 0.1) is 6.92 Å². The van der Waals surface area contributed by atoms with Crippen LogP contribution < -0.4 is 5.32 Å². The number of hydrogen-bond acceptors (Lipinski definition) is 4. The Morgan fingerprint density at radius 1 is 1.17 bits per heavy atom. The summed E-state index contributed by atoms with van der Waals surface area (Å²) in [6, 6.07) is 18.3. The molecule has 4 rings (SSSR count). The molecular weight excluding hydrogens is 491 g/mol. The highest BCUT2D eigenvalue weighted by Gasteiger charge is 2.25. The number of ether oxygens (including phenoxy) is 1. The summed E-state index contributed by atoms with van der Waals surface area (Å²) in [6.45, 7) is 4.91. The van der Waals surface area contributed by atoms with Gasteiger partial charge in [0.15, 0.2) is 5.96 Å². The van der Waals surface area contributed by atoms with E-state index in [4.69, 9.17) is 9.15 Å². The molecule has 2 aromatic carbocycles. The van der Waals surface area contributed by atoms with E-state index in [1.807, 2.05) is 30.3 Å². The highest BCUT2D eigenvalue weighted by Crippen LogP contribution is 2.25. The Morgan fingerprint density at radius 2 is 1.93 bits per heavy atom. The van der Waals surface area contributed by atoms with Crippen molar-refractivity contribution >= 4 is 29.9 Å². The predicted octanol–water partition coefficient (Wildman–Crippen LogP) is 4.42. The quantitative estimate of drug-likeness (QED) is 0.315. The number of aromatic nitrogens is 1. The van der Waals surface area contributed by atoms with Crippen LogP contribution in [0.4, 0.5) is 0 Å². The van der Waals surface area contributed by atoms with Gasteiger partial charge in [-0.1, -0.05) is 42.5 Å². The van der Waals surface area contributed by atoms with E-state index in [-0.39, 0.29) is 30.1 Å². The fourth-order valence-electron chi connectivity index (χ4n) is 3.58. The lowest BCUT2D eigenvalue weighted by atomic mass is 10.0. The number of nitrogens with one attached hydrogen (secondary N) is 1. The van der Waals surface area contributed by atoms with Gasteiger partial charge in [-0.05, 0) is 30.2 Å². The molecule has 1 aliphatic heterocycles. The van der Waals surface area contributed by atoms with Gasteiger partial charge in [-0.3, -0.25) is 4.99 Å². The zero-order chi connectivity index (χ0) is 20.1. The van der Waals surface area contributed by atoms with Crippen LogP contribution in [0.25, 0.3) is 11.5 Å². The number of morpholine rings is 1. The summed E-state index contributed by atoms with van der Waals surface area (Å²) in [5.74, 6) is 1.47. The molecule has 1 fully saturated rings. The average molecular weight is 518 g/mol. The van der Waals surface area contributed by atoms with Gasteiger partial charge in [0.1, 0.15) is 12.4 Å². The van der Waals surface area contributed by atoms with Gasteiger partial charge in [-0.25, -0.2) is 4.98 Å². The maximum Gasteiger partial charge on any atom is 0.226 e. The summed E-state index contributed by atoms with van der Waals surface area (Å²) in [7, 11) is 1.80. The van der Waals surface area contributed by atoms with E-state index in [1.165, 1.54) is 11.1 Å². The normalized spacial score (nSPS) is 16.8. The lowest BCUT2D eigenvalue weighted by Gasteiger charge is -2.35. The van der Waals surface area contributed by atoms with Crippen LogP contribution in [0.3, 0.4) is 0 Å². The van der Waals surface area contributed by atoms with Crippen molar-refractivity contribution < 1.29 is 9.15 Å². The molecule has 2 heterocycles. The minimum absolute atomic E-state index is 0. The minimum atomic E-state index is 0. The number of oxazole rings is 1. The summed E-state index contributed by atoms with van der Waals surface area (Å²) < 4.78 is 11.7. The van der Waals surface area contributed by atoms with Crippen molar-refractivity contribution in [1.29, 1.82) is 0 Å². The Kier molecular flexibility index (Phi) is 7.87. The van der Waals surface area contributed by atoms with Gasteiger partial charge in [-0.2, -0.15) is 0 Å². The zero-order valence-corrected chi connectivity index (χ0v) is 19.6. The molecule has 0 radical (unpaired) electrons. The second-order valence-electron chi connectivity index (χ2n) is 7.07. The third-order valence-electron chi connectivity index (χ3n) is 5.11. The molecule has 30 heavy (non-hydrogen) atoms. The Morgan fingerprint density at radius 3 is 2.70 bits per heavy atom. The van der Waals surface area contributed by atoms with Crippen molar-refractivity contribution in [3.8, 4) is 11.5 Å². The van der Waals surface area contributed by atoms with Crippen molar-refractivity contribution in [3.63, 3.8) is 0 Å². The molecule has 3 aromatic rings. The lowest BCUT2D eigenvalue weighted by Crippen LogP contribution is -2.48.